The number of hydrogen-bond donors (Lipinski definition) is 1. The van der Waals surface area contributed by atoms with Gasteiger partial charge in [-0.1, -0.05) is 45.0 Å². The van der Waals surface area contributed by atoms with Crippen molar-refractivity contribution in [2.24, 2.45) is 0 Å². The van der Waals surface area contributed by atoms with Gasteiger partial charge in [-0.25, -0.2) is 8.42 Å². The average molecular weight is 390 g/mol. The van der Waals surface area contributed by atoms with E-state index in [1.807, 2.05) is 31.2 Å². The van der Waals surface area contributed by atoms with Gasteiger partial charge in [-0.2, -0.15) is 0 Å². The fourth-order valence-electron chi connectivity index (χ4n) is 2.57. The molecule has 0 aromatic heterocycles. The van der Waals surface area contributed by atoms with Crippen molar-refractivity contribution in [3.05, 3.63) is 59.7 Å². The van der Waals surface area contributed by atoms with Crippen molar-refractivity contribution in [1.82, 2.24) is 5.32 Å². The van der Waals surface area contributed by atoms with E-state index in [1.165, 1.54) is 11.8 Å². The minimum atomic E-state index is -3.23. The Kier molecular flexibility index (Phi) is 6.31. The Morgan fingerprint density at radius 2 is 1.59 bits per heavy atom. The maximum Gasteiger partial charge on any atom is 0.258 e. The van der Waals surface area contributed by atoms with Gasteiger partial charge >= 0.3 is 0 Å². The number of carbonyl (C=O) groups excluding carboxylic acids is 1. The van der Waals surface area contributed by atoms with Crippen LogP contribution in [0.2, 0.25) is 0 Å². The molecule has 0 saturated heterocycles. The SMILES string of the molecule is C[C@H](NC(=O)COc1ccc(C(C)(C)C)cc1)c1ccc(S(C)(=O)=O)cc1. The predicted molar refractivity (Wildman–Crippen MR) is 107 cm³/mol. The molecule has 0 aliphatic heterocycles. The first-order chi connectivity index (χ1) is 12.5. The van der Waals surface area contributed by atoms with Crippen LogP contribution in [-0.2, 0) is 20.0 Å². The smallest absolute Gasteiger partial charge is 0.258 e. The van der Waals surface area contributed by atoms with Gasteiger partial charge in [0.15, 0.2) is 16.4 Å². The first-order valence-corrected chi connectivity index (χ1v) is 10.7. The lowest BCUT2D eigenvalue weighted by Gasteiger charge is -2.19. The molecule has 5 nitrogen and oxygen atoms in total. The van der Waals surface area contributed by atoms with Crippen molar-refractivity contribution in [2.45, 2.75) is 44.0 Å². The summed E-state index contributed by atoms with van der Waals surface area (Å²) in [5, 5.41) is 2.85. The molecule has 6 heteroatoms. The third-order valence-electron chi connectivity index (χ3n) is 4.28. The third kappa shape index (κ3) is 6.10. The van der Waals surface area contributed by atoms with Crippen LogP contribution in [0.1, 0.15) is 44.9 Å². The molecule has 0 bridgehead atoms. The van der Waals surface area contributed by atoms with Gasteiger partial charge in [0.1, 0.15) is 5.75 Å². The summed E-state index contributed by atoms with van der Waals surface area (Å²) in [6.45, 7) is 8.17. The number of amides is 1. The zero-order valence-corrected chi connectivity index (χ0v) is 17.3. The van der Waals surface area contributed by atoms with E-state index in [2.05, 4.69) is 26.1 Å². The summed E-state index contributed by atoms with van der Waals surface area (Å²) >= 11 is 0. The first-order valence-electron chi connectivity index (χ1n) is 8.79. The molecule has 27 heavy (non-hydrogen) atoms. The fraction of sp³-hybridized carbons (Fsp3) is 0.381. The van der Waals surface area contributed by atoms with Crippen LogP contribution in [-0.4, -0.2) is 27.2 Å². The molecule has 1 amide bonds. The summed E-state index contributed by atoms with van der Waals surface area (Å²) in [6.07, 6.45) is 1.17. The van der Waals surface area contributed by atoms with Crippen molar-refractivity contribution in [3.8, 4) is 5.75 Å². The standard InChI is InChI=1S/C21H27NO4S/c1-15(16-6-12-19(13-7-16)27(5,24)25)22-20(23)14-26-18-10-8-17(9-11-18)21(2,3)4/h6-13,15H,14H2,1-5H3,(H,22,23)/t15-/m0/s1. The molecule has 0 heterocycles. The summed E-state index contributed by atoms with van der Waals surface area (Å²) < 4.78 is 28.5. The number of ether oxygens (including phenoxy) is 1. The van der Waals surface area contributed by atoms with Crippen LogP contribution in [0.5, 0.6) is 5.75 Å². The number of sulfone groups is 1. The topological polar surface area (TPSA) is 72.5 Å². The van der Waals surface area contributed by atoms with Crippen LogP contribution in [0.25, 0.3) is 0 Å². The molecular weight excluding hydrogens is 362 g/mol. The molecular formula is C21H27NO4S. The minimum Gasteiger partial charge on any atom is -0.484 e. The average Bonchev–Trinajstić information content (AvgIpc) is 2.59. The third-order valence-corrected chi connectivity index (χ3v) is 5.40. The summed E-state index contributed by atoms with van der Waals surface area (Å²) in [6, 6.07) is 14.0. The molecule has 0 spiro atoms. The Hall–Kier alpha value is -2.34. The van der Waals surface area contributed by atoms with Crippen LogP contribution < -0.4 is 10.1 Å². The van der Waals surface area contributed by atoms with E-state index in [0.717, 1.165) is 5.56 Å². The lowest BCUT2D eigenvalue weighted by atomic mass is 9.87. The summed E-state index contributed by atoms with van der Waals surface area (Å²) in [7, 11) is -3.23. The van der Waals surface area contributed by atoms with E-state index in [0.29, 0.717) is 5.75 Å². The highest BCUT2D eigenvalue weighted by molar-refractivity contribution is 7.90. The highest BCUT2D eigenvalue weighted by Crippen LogP contribution is 2.24. The van der Waals surface area contributed by atoms with Gasteiger partial charge in [-0.3, -0.25) is 4.79 Å². The Bertz CT molecular complexity index is 879. The van der Waals surface area contributed by atoms with Crippen LogP contribution in [0, 0.1) is 0 Å². The van der Waals surface area contributed by atoms with Crippen molar-refractivity contribution in [1.29, 1.82) is 0 Å². The van der Waals surface area contributed by atoms with E-state index >= 15 is 0 Å². The van der Waals surface area contributed by atoms with E-state index in [-0.39, 0.29) is 28.9 Å². The van der Waals surface area contributed by atoms with Crippen LogP contribution >= 0.6 is 0 Å². The molecule has 2 rings (SSSR count). The Morgan fingerprint density at radius 3 is 2.07 bits per heavy atom. The molecule has 2 aromatic rings. The van der Waals surface area contributed by atoms with Crippen molar-refractivity contribution in [3.63, 3.8) is 0 Å². The van der Waals surface area contributed by atoms with E-state index in [9.17, 15) is 13.2 Å². The number of hydrogen-bond acceptors (Lipinski definition) is 4. The Labute approximate surface area is 161 Å². The van der Waals surface area contributed by atoms with E-state index in [1.54, 1.807) is 24.3 Å². The molecule has 146 valence electrons. The zero-order chi connectivity index (χ0) is 20.2. The van der Waals surface area contributed by atoms with Gasteiger partial charge in [0, 0.05) is 6.26 Å². The molecule has 1 N–H and O–H groups in total. The molecule has 0 saturated carbocycles. The van der Waals surface area contributed by atoms with Crippen molar-refractivity contribution in [2.75, 3.05) is 12.9 Å². The van der Waals surface area contributed by atoms with Gasteiger partial charge in [0.25, 0.3) is 5.91 Å². The van der Waals surface area contributed by atoms with Crippen LogP contribution in [0.3, 0.4) is 0 Å². The van der Waals surface area contributed by atoms with E-state index < -0.39 is 9.84 Å². The molecule has 0 radical (unpaired) electrons. The second-order valence-electron chi connectivity index (χ2n) is 7.69. The Morgan fingerprint density at radius 1 is 1.04 bits per heavy atom. The molecule has 0 aliphatic rings. The quantitative estimate of drug-likeness (QED) is 0.819. The van der Waals surface area contributed by atoms with Crippen molar-refractivity contribution >= 4 is 15.7 Å². The van der Waals surface area contributed by atoms with E-state index in [4.69, 9.17) is 4.74 Å². The number of nitrogens with one attached hydrogen (secondary N) is 1. The monoisotopic (exact) mass is 389 g/mol. The maximum atomic E-state index is 12.1. The lowest BCUT2D eigenvalue weighted by molar-refractivity contribution is -0.123. The van der Waals surface area contributed by atoms with Gasteiger partial charge in [-0.15, -0.1) is 0 Å². The summed E-state index contributed by atoms with van der Waals surface area (Å²) in [5.41, 5.74) is 2.09. The fourth-order valence-corrected chi connectivity index (χ4v) is 3.20. The minimum absolute atomic E-state index is 0.0675. The number of rotatable bonds is 6. The second-order valence-corrected chi connectivity index (χ2v) is 9.71. The van der Waals surface area contributed by atoms with Crippen molar-refractivity contribution < 1.29 is 17.9 Å². The van der Waals surface area contributed by atoms with Gasteiger partial charge in [0.2, 0.25) is 0 Å². The van der Waals surface area contributed by atoms with Gasteiger partial charge in [-0.05, 0) is 47.7 Å². The second kappa shape index (κ2) is 8.13. The molecule has 0 fully saturated rings. The highest BCUT2D eigenvalue weighted by Gasteiger charge is 2.14. The maximum absolute atomic E-state index is 12.1. The highest BCUT2D eigenvalue weighted by atomic mass is 32.2. The van der Waals surface area contributed by atoms with Crippen LogP contribution in [0.4, 0.5) is 0 Å². The Balaban J connectivity index is 1.89. The normalized spacial score (nSPS) is 13.1. The van der Waals surface area contributed by atoms with Gasteiger partial charge < -0.3 is 10.1 Å². The van der Waals surface area contributed by atoms with Crippen LogP contribution in [0.15, 0.2) is 53.4 Å². The summed E-state index contributed by atoms with van der Waals surface area (Å²) in [5.74, 6) is 0.401. The number of carbonyl (C=O) groups is 1. The predicted octanol–water partition coefficient (Wildman–Crippen LogP) is 3.64. The first kappa shape index (κ1) is 21.0. The molecule has 2 aromatic carbocycles. The molecule has 0 unspecified atom stereocenters. The number of benzene rings is 2. The molecule has 1 atom stereocenters. The summed E-state index contributed by atoms with van der Waals surface area (Å²) in [4.78, 5) is 12.4. The lowest BCUT2D eigenvalue weighted by Crippen LogP contribution is -2.31. The largest absolute Gasteiger partial charge is 0.484 e. The molecule has 0 aliphatic carbocycles. The van der Waals surface area contributed by atoms with Gasteiger partial charge in [0.05, 0.1) is 10.9 Å². The zero-order valence-electron chi connectivity index (χ0n) is 16.4.